The molecule has 2 heterocycles. The van der Waals surface area contributed by atoms with Crippen LogP contribution in [0.15, 0.2) is 53.4 Å². The summed E-state index contributed by atoms with van der Waals surface area (Å²) >= 11 is 0. The van der Waals surface area contributed by atoms with Crippen LogP contribution in [0.5, 0.6) is 0 Å². The molecule has 1 aliphatic rings. The molecule has 12 heteroatoms. The topological polar surface area (TPSA) is 106 Å². The first-order chi connectivity index (χ1) is 16.1. The fraction of sp³-hybridized carbons (Fsp3) is 0.318. The minimum Gasteiger partial charge on any atom is -0.345 e. The van der Waals surface area contributed by atoms with Crippen molar-refractivity contribution in [3.05, 3.63) is 71.3 Å². The van der Waals surface area contributed by atoms with Crippen LogP contribution in [-0.4, -0.2) is 29.1 Å². The van der Waals surface area contributed by atoms with E-state index in [1.54, 1.807) is 6.07 Å². The van der Waals surface area contributed by atoms with Gasteiger partial charge in [-0.3, -0.25) is 9.52 Å². The van der Waals surface area contributed by atoms with Crippen molar-refractivity contribution in [2.45, 2.75) is 49.8 Å². The SMILES string of the molecule is O=C(NCc1nnc2n1CCCCC2)c1ccccc1NS(=O)(=O)c1cccc(C(F)(F)F)c1. The van der Waals surface area contributed by atoms with Gasteiger partial charge in [-0.2, -0.15) is 13.2 Å². The Morgan fingerprint density at radius 1 is 1.03 bits per heavy atom. The summed E-state index contributed by atoms with van der Waals surface area (Å²) in [6, 6.07) is 9.24. The number of nitrogens with one attached hydrogen (secondary N) is 2. The first-order valence-electron chi connectivity index (χ1n) is 10.6. The second kappa shape index (κ2) is 9.45. The van der Waals surface area contributed by atoms with Gasteiger partial charge in [-0.05, 0) is 43.2 Å². The molecule has 0 radical (unpaired) electrons. The molecule has 0 bridgehead atoms. The lowest BCUT2D eigenvalue weighted by molar-refractivity contribution is -0.137. The molecule has 4 rings (SSSR count). The van der Waals surface area contributed by atoms with E-state index in [9.17, 15) is 26.4 Å². The Balaban J connectivity index is 1.52. The highest BCUT2D eigenvalue weighted by Crippen LogP contribution is 2.31. The zero-order chi connectivity index (χ0) is 24.3. The molecule has 2 N–H and O–H groups in total. The highest BCUT2D eigenvalue weighted by Gasteiger charge is 2.32. The van der Waals surface area contributed by atoms with Gasteiger partial charge in [-0.1, -0.05) is 24.6 Å². The number of sulfonamides is 1. The van der Waals surface area contributed by atoms with Gasteiger partial charge in [-0.25, -0.2) is 8.42 Å². The Labute approximate surface area is 194 Å². The number of aryl methyl sites for hydroxylation is 1. The average Bonchev–Trinajstić information content (AvgIpc) is 3.03. The Morgan fingerprint density at radius 2 is 1.82 bits per heavy atom. The number of benzene rings is 2. The number of carbonyl (C=O) groups is 1. The molecule has 0 aliphatic carbocycles. The lowest BCUT2D eigenvalue weighted by Gasteiger charge is -2.14. The Morgan fingerprint density at radius 3 is 2.62 bits per heavy atom. The van der Waals surface area contributed by atoms with E-state index in [2.05, 4.69) is 20.2 Å². The van der Waals surface area contributed by atoms with Gasteiger partial charge >= 0.3 is 6.18 Å². The van der Waals surface area contributed by atoms with Crippen LogP contribution in [0.4, 0.5) is 18.9 Å². The lowest BCUT2D eigenvalue weighted by atomic mass is 10.1. The second-order valence-electron chi connectivity index (χ2n) is 7.85. The van der Waals surface area contributed by atoms with E-state index in [0.717, 1.165) is 56.3 Å². The van der Waals surface area contributed by atoms with Crippen LogP contribution >= 0.6 is 0 Å². The summed E-state index contributed by atoms with van der Waals surface area (Å²) < 4.78 is 68.7. The molecule has 1 amide bonds. The van der Waals surface area contributed by atoms with E-state index in [1.807, 2.05) is 4.57 Å². The van der Waals surface area contributed by atoms with Crippen molar-refractivity contribution in [2.24, 2.45) is 0 Å². The summed E-state index contributed by atoms with van der Waals surface area (Å²) in [5.74, 6) is 0.914. The molecule has 0 saturated heterocycles. The molecule has 0 saturated carbocycles. The quantitative estimate of drug-likeness (QED) is 0.544. The lowest BCUT2D eigenvalue weighted by Crippen LogP contribution is -2.26. The number of nitrogens with zero attached hydrogens (tertiary/aromatic N) is 3. The van der Waals surface area contributed by atoms with E-state index in [0.29, 0.717) is 11.9 Å². The van der Waals surface area contributed by atoms with Gasteiger partial charge in [0.2, 0.25) is 0 Å². The molecule has 34 heavy (non-hydrogen) atoms. The summed E-state index contributed by atoms with van der Waals surface area (Å²) in [5, 5.41) is 11.1. The molecule has 1 aliphatic heterocycles. The zero-order valence-electron chi connectivity index (χ0n) is 18.0. The maximum absolute atomic E-state index is 13.0. The van der Waals surface area contributed by atoms with Crippen molar-refractivity contribution in [1.29, 1.82) is 0 Å². The van der Waals surface area contributed by atoms with Crippen LogP contribution in [0.1, 0.15) is 46.8 Å². The van der Waals surface area contributed by atoms with E-state index in [4.69, 9.17) is 0 Å². The van der Waals surface area contributed by atoms with Gasteiger partial charge in [-0.15, -0.1) is 10.2 Å². The second-order valence-corrected chi connectivity index (χ2v) is 9.54. The van der Waals surface area contributed by atoms with Crippen molar-refractivity contribution in [2.75, 3.05) is 4.72 Å². The molecule has 0 atom stereocenters. The van der Waals surface area contributed by atoms with Gasteiger partial charge in [0.1, 0.15) is 5.82 Å². The number of carbonyl (C=O) groups excluding carboxylic acids is 1. The highest BCUT2D eigenvalue weighted by atomic mass is 32.2. The van der Waals surface area contributed by atoms with Gasteiger partial charge < -0.3 is 9.88 Å². The van der Waals surface area contributed by atoms with E-state index in [1.165, 1.54) is 18.2 Å². The number of fused-ring (bicyclic) bond motifs is 1. The summed E-state index contributed by atoms with van der Waals surface area (Å²) in [6.07, 6.45) is -0.755. The third kappa shape index (κ3) is 5.22. The van der Waals surface area contributed by atoms with Crippen LogP contribution in [-0.2, 0) is 35.7 Å². The highest BCUT2D eigenvalue weighted by molar-refractivity contribution is 7.92. The number of para-hydroxylation sites is 1. The predicted molar refractivity (Wildman–Crippen MR) is 117 cm³/mol. The van der Waals surface area contributed by atoms with E-state index in [-0.39, 0.29) is 17.8 Å². The minimum absolute atomic E-state index is 0.0219. The van der Waals surface area contributed by atoms with Crippen LogP contribution in [0.2, 0.25) is 0 Å². The van der Waals surface area contributed by atoms with Crippen LogP contribution in [0, 0.1) is 0 Å². The average molecular weight is 494 g/mol. The van der Waals surface area contributed by atoms with Crippen LogP contribution in [0.25, 0.3) is 0 Å². The van der Waals surface area contributed by atoms with Crippen molar-refractivity contribution in [3.63, 3.8) is 0 Å². The minimum atomic E-state index is -4.69. The summed E-state index contributed by atoms with van der Waals surface area (Å²) in [5.41, 5.74) is -1.13. The Bertz CT molecular complexity index is 1310. The number of aromatic nitrogens is 3. The van der Waals surface area contributed by atoms with Crippen LogP contribution in [0.3, 0.4) is 0 Å². The Hall–Kier alpha value is -3.41. The molecule has 3 aromatic rings. The number of hydrogen-bond donors (Lipinski definition) is 2. The largest absolute Gasteiger partial charge is 0.416 e. The number of hydrogen-bond acceptors (Lipinski definition) is 5. The molecular formula is C22H22F3N5O3S. The predicted octanol–water partition coefficient (Wildman–Crippen LogP) is 3.75. The van der Waals surface area contributed by atoms with Crippen molar-refractivity contribution in [1.82, 2.24) is 20.1 Å². The summed E-state index contributed by atoms with van der Waals surface area (Å²) in [7, 11) is -4.38. The third-order valence-electron chi connectivity index (χ3n) is 5.48. The normalized spacial score (nSPS) is 14.2. The smallest absolute Gasteiger partial charge is 0.345 e. The molecule has 0 fully saturated rings. The maximum atomic E-state index is 13.0. The maximum Gasteiger partial charge on any atom is 0.416 e. The third-order valence-corrected chi connectivity index (χ3v) is 6.84. The van der Waals surface area contributed by atoms with Crippen molar-refractivity contribution >= 4 is 21.6 Å². The zero-order valence-corrected chi connectivity index (χ0v) is 18.8. The fourth-order valence-corrected chi connectivity index (χ4v) is 4.87. The molecule has 2 aromatic carbocycles. The molecule has 180 valence electrons. The van der Waals surface area contributed by atoms with Gasteiger partial charge in [0.25, 0.3) is 15.9 Å². The van der Waals surface area contributed by atoms with Gasteiger partial charge in [0.15, 0.2) is 5.82 Å². The van der Waals surface area contributed by atoms with Crippen LogP contribution < -0.4 is 10.0 Å². The van der Waals surface area contributed by atoms with Crippen molar-refractivity contribution in [3.8, 4) is 0 Å². The first kappa shape index (κ1) is 23.7. The number of alkyl halides is 3. The summed E-state index contributed by atoms with van der Waals surface area (Å²) in [6.45, 7) is 0.863. The molecule has 0 unspecified atom stereocenters. The number of halogens is 3. The van der Waals surface area contributed by atoms with Crippen molar-refractivity contribution < 1.29 is 26.4 Å². The standard InChI is InChI=1S/C22H22F3N5O3S/c23-22(24,25)15-7-6-8-16(13-15)34(32,33)29-18-10-4-3-9-17(18)21(31)26-14-20-28-27-19-11-2-1-5-12-30(19)20/h3-4,6-10,13,29H,1-2,5,11-12,14H2,(H,26,31). The fourth-order valence-electron chi connectivity index (χ4n) is 3.74. The number of anilines is 1. The molecule has 8 nitrogen and oxygen atoms in total. The molecule has 1 aromatic heterocycles. The molecular weight excluding hydrogens is 471 g/mol. The summed E-state index contributed by atoms with van der Waals surface area (Å²) in [4.78, 5) is 12.3. The first-order valence-corrected chi connectivity index (χ1v) is 12.1. The number of amides is 1. The molecule has 0 spiro atoms. The Kier molecular flexibility index (Phi) is 6.60. The van der Waals surface area contributed by atoms with Gasteiger partial charge in [0.05, 0.1) is 28.3 Å². The van der Waals surface area contributed by atoms with Gasteiger partial charge in [0, 0.05) is 13.0 Å². The van der Waals surface area contributed by atoms with E-state index >= 15 is 0 Å². The monoisotopic (exact) mass is 493 g/mol. The van der Waals surface area contributed by atoms with E-state index < -0.39 is 32.6 Å². The number of rotatable bonds is 6.